The molecule has 0 N–H and O–H groups in total. The van der Waals surface area contributed by atoms with Gasteiger partial charge in [0.15, 0.2) is 0 Å². The maximum atomic E-state index is 12.8. The molecule has 4 aromatic carbocycles. The van der Waals surface area contributed by atoms with E-state index in [-0.39, 0.29) is 46.8 Å². The van der Waals surface area contributed by atoms with Gasteiger partial charge in [0.2, 0.25) is 0 Å². The molecule has 1 heterocycles. The number of nitrogens with zero attached hydrogens (tertiary/aromatic N) is 1. The molecule has 6 radical (unpaired) electrons. The van der Waals surface area contributed by atoms with E-state index in [2.05, 4.69) is 23.1 Å². The van der Waals surface area contributed by atoms with Gasteiger partial charge in [-0.3, -0.25) is 0 Å². The average molecular weight is 658 g/mol. The number of ether oxygens (including phenoxy) is 1. The summed E-state index contributed by atoms with van der Waals surface area (Å²) >= 11 is 0. The van der Waals surface area contributed by atoms with Gasteiger partial charge in [-0.15, -0.1) is 11.5 Å². The van der Waals surface area contributed by atoms with Crippen molar-refractivity contribution in [3.63, 3.8) is 0 Å². The van der Waals surface area contributed by atoms with Crippen LogP contribution in [0.3, 0.4) is 0 Å². The maximum absolute atomic E-state index is 12.8. The van der Waals surface area contributed by atoms with E-state index < -0.39 is 0 Å². The van der Waals surface area contributed by atoms with Crippen molar-refractivity contribution in [3.05, 3.63) is 126 Å². The maximum Gasteiger partial charge on any atom is 0.0642 e. The molecule has 216 valence electrons. The fourth-order valence-electron chi connectivity index (χ4n) is 3.99. The van der Waals surface area contributed by atoms with Crippen molar-refractivity contribution >= 4 is 30.1 Å². The Morgan fingerprint density at radius 3 is 1.27 bits per heavy atom. The van der Waals surface area contributed by atoms with E-state index in [9.17, 15) is 10.2 Å². The molecule has 0 amide bonds. The fourth-order valence-corrected chi connectivity index (χ4v) is 3.99. The number of anilines is 1. The average Bonchev–Trinajstić information content (AvgIpc) is 2.97. The van der Waals surface area contributed by atoms with Crippen LogP contribution in [0, 0.1) is 18.2 Å². The Kier molecular flexibility index (Phi) is 16.3. The largest absolute Gasteiger partial charge is 0.873 e. The van der Waals surface area contributed by atoms with Crippen molar-refractivity contribution in [2.75, 3.05) is 31.2 Å². The van der Waals surface area contributed by atoms with Crippen molar-refractivity contribution < 1.29 is 14.9 Å². The van der Waals surface area contributed by atoms with E-state index in [0.29, 0.717) is 24.3 Å². The van der Waals surface area contributed by atoms with Gasteiger partial charge in [-0.1, -0.05) is 133 Å². The summed E-state index contributed by atoms with van der Waals surface area (Å²) in [4.78, 5) is 2.18. The number of benzene rings is 4. The summed E-state index contributed by atoms with van der Waals surface area (Å²) in [6.45, 7) is 14.7. The van der Waals surface area contributed by atoms with Gasteiger partial charge in [-0.2, -0.15) is 0 Å². The first-order chi connectivity index (χ1) is 19.0. The normalized spacial score (nSPS) is 12.6. The summed E-state index contributed by atoms with van der Waals surface area (Å²) in [5, 5.41) is 25.3. The molecule has 0 unspecified atom stereocenters. The van der Waals surface area contributed by atoms with Crippen LogP contribution in [0.1, 0.15) is 52.7 Å². The van der Waals surface area contributed by atoms with Gasteiger partial charge < -0.3 is 19.8 Å². The molecule has 0 aliphatic carbocycles. The van der Waals surface area contributed by atoms with Crippen LogP contribution < -0.4 is 15.1 Å². The summed E-state index contributed by atoms with van der Waals surface area (Å²) in [5.74, 6) is -0.698. The molecule has 4 nitrogen and oxygen atoms in total. The van der Waals surface area contributed by atoms with E-state index in [1.165, 1.54) is 0 Å². The van der Waals surface area contributed by atoms with Crippen LogP contribution in [0.15, 0.2) is 97.1 Å². The van der Waals surface area contributed by atoms with Gasteiger partial charge in [0.05, 0.1) is 13.2 Å². The first kappa shape index (κ1) is 36.1. The minimum atomic E-state index is -0.361. The van der Waals surface area contributed by atoms with Crippen molar-refractivity contribution in [2.45, 2.75) is 52.4 Å². The predicted octanol–water partition coefficient (Wildman–Crippen LogP) is 6.34. The zero-order valence-electron chi connectivity index (χ0n) is 25.2. The quantitative estimate of drug-likeness (QED) is 0.224. The summed E-state index contributed by atoms with van der Waals surface area (Å²) in [5.41, 5.74) is 1.44. The SMILES string of the molecule is CC(C)(C)c1cc(N2CCOCC2)c(C(C)(C)C)c([O-])c1[O-].[Sb].[c]1ccccc1.[c]1ccccc1.[c]1ccccc1. The minimum absolute atomic E-state index is 0. The van der Waals surface area contributed by atoms with E-state index in [0.717, 1.165) is 18.8 Å². The molecule has 5 rings (SSSR count). The van der Waals surface area contributed by atoms with Crippen LogP contribution in [0.5, 0.6) is 11.5 Å². The number of hydrogen-bond donors (Lipinski definition) is 0. The number of morpholine rings is 1. The van der Waals surface area contributed by atoms with Gasteiger partial charge in [0, 0.05) is 43.2 Å². The molecule has 1 saturated heterocycles. The van der Waals surface area contributed by atoms with E-state index in [4.69, 9.17) is 4.74 Å². The summed E-state index contributed by atoms with van der Waals surface area (Å²) < 4.78 is 5.42. The van der Waals surface area contributed by atoms with Gasteiger partial charge in [0.25, 0.3) is 0 Å². The molecule has 0 saturated carbocycles. The second-order valence-electron chi connectivity index (χ2n) is 11.3. The van der Waals surface area contributed by atoms with Crippen LogP contribution in [0.4, 0.5) is 5.69 Å². The Balaban J connectivity index is 0.000000354. The van der Waals surface area contributed by atoms with Gasteiger partial charge in [-0.25, -0.2) is 0 Å². The molecule has 0 spiro atoms. The van der Waals surface area contributed by atoms with Crippen molar-refractivity contribution in [3.8, 4) is 11.5 Å². The summed E-state index contributed by atoms with van der Waals surface area (Å²) in [6.07, 6.45) is 0. The third-order valence-corrected chi connectivity index (χ3v) is 5.95. The Bertz CT molecular complexity index is 1040. The number of rotatable bonds is 1. The topological polar surface area (TPSA) is 58.6 Å². The standard InChI is InChI=1S/C18H29NO3.3C6H5.Sb/c1-17(2,3)12-11-13(19-7-9-22-10-8-19)14(18(4,5)6)16(21)15(12)20;3*1-2-4-6-5-3-1;/h11,20-21H,7-10H2,1-6H3;3*1-5H;/p-2. The molecular weight excluding hydrogens is 616 g/mol. The summed E-state index contributed by atoms with van der Waals surface area (Å²) in [7, 11) is 0. The Hall–Kier alpha value is -2.94. The van der Waals surface area contributed by atoms with Gasteiger partial charge in [-0.05, 0) is 46.2 Å². The molecule has 4 aromatic rings. The van der Waals surface area contributed by atoms with E-state index in [1.54, 1.807) is 0 Å². The molecule has 1 fully saturated rings. The monoisotopic (exact) mass is 657 g/mol. The van der Waals surface area contributed by atoms with E-state index in [1.807, 2.05) is 139 Å². The molecule has 0 bridgehead atoms. The second-order valence-corrected chi connectivity index (χ2v) is 11.3. The zero-order chi connectivity index (χ0) is 29.4. The Labute approximate surface area is 265 Å². The fraction of sp³-hybridized carbons (Fsp3) is 0.333. The first-order valence-electron chi connectivity index (χ1n) is 13.7. The smallest absolute Gasteiger partial charge is 0.0642 e. The van der Waals surface area contributed by atoms with Gasteiger partial charge in [0.1, 0.15) is 0 Å². The first-order valence-corrected chi connectivity index (χ1v) is 13.7. The molecule has 41 heavy (non-hydrogen) atoms. The van der Waals surface area contributed by atoms with Gasteiger partial charge >= 0.3 is 0 Å². The molecule has 1 aliphatic rings. The Morgan fingerprint density at radius 1 is 0.610 bits per heavy atom. The van der Waals surface area contributed by atoms with Crippen molar-refractivity contribution in [1.29, 1.82) is 0 Å². The molecular formula is C36H42NO3Sb-2. The van der Waals surface area contributed by atoms with Crippen LogP contribution >= 0.6 is 0 Å². The Morgan fingerprint density at radius 2 is 1.00 bits per heavy atom. The van der Waals surface area contributed by atoms with Crippen LogP contribution in [0.2, 0.25) is 0 Å². The van der Waals surface area contributed by atoms with Crippen molar-refractivity contribution in [2.24, 2.45) is 0 Å². The van der Waals surface area contributed by atoms with Crippen LogP contribution in [0.25, 0.3) is 0 Å². The minimum Gasteiger partial charge on any atom is -0.873 e. The van der Waals surface area contributed by atoms with E-state index >= 15 is 0 Å². The third kappa shape index (κ3) is 13.1. The van der Waals surface area contributed by atoms with Crippen LogP contribution in [-0.4, -0.2) is 50.7 Å². The molecule has 5 heteroatoms. The van der Waals surface area contributed by atoms with Crippen molar-refractivity contribution in [1.82, 2.24) is 0 Å². The summed E-state index contributed by atoms with van der Waals surface area (Å²) in [6, 6.07) is 39.4. The second kappa shape index (κ2) is 18.5. The zero-order valence-corrected chi connectivity index (χ0v) is 27.7. The molecule has 0 aromatic heterocycles. The molecule has 1 aliphatic heterocycles. The van der Waals surface area contributed by atoms with Crippen LogP contribution in [-0.2, 0) is 15.6 Å². The predicted molar refractivity (Wildman–Crippen MR) is 167 cm³/mol. The third-order valence-electron chi connectivity index (χ3n) is 5.95. The number of hydrogen-bond acceptors (Lipinski definition) is 4. The molecule has 0 atom stereocenters.